The normalized spacial score (nSPS) is 15.7. The first-order valence-corrected chi connectivity index (χ1v) is 6.36. The summed E-state index contributed by atoms with van der Waals surface area (Å²) in [6, 6.07) is 7.09. The molecule has 2 amide bonds. The van der Waals surface area contributed by atoms with Crippen LogP contribution in [0.4, 0.5) is 5.69 Å². The summed E-state index contributed by atoms with van der Waals surface area (Å²) in [4.78, 5) is 37.0. The molecule has 1 saturated heterocycles. The second-order valence-corrected chi connectivity index (χ2v) is 4.75. The first kappa shape index (κ1) is 14.0. The molecule has 6 heteroatoms. The minimum atomic E-state index is -0.860. The van der Waals surface area contributed by atoms with Crippen molar-refractivity contribution in [2.24, 2.45) is 0 Å². The van der Waals surface area contributed by atoms with E-state index in [1.54, 1.807) is 25.2 Å². The Morgan fingerprint density at radius 3 is 2.70 bits per heavy atom. The maximum atomic E-state index is 12.0. The highest BCUT2D eigenvalue weighted by atomic mass is 16.4. The summed E-state index contributed by atoms with van der Waals surface area (Å²) >= 11 is 0. The molecule has 1 heterocycles. The molecule has 0 aliphatic carbocycles. The van der Waals surface area contributed by atoms with Crippen LogP contribution in [-0.2, 0) is 20.8 Å². The Morgan fingerprint density at radius 1 is 1.25 bits per heavy atom. The summed E-state index contributed by atoms with van der Waals surface area (Å²) < 4.78 is 0. The topological polar surface area (TPSA) is 77.9 Å². The summed E-state index contributed by atoms with van der Waals surface area (Å²) in [6.45, 7) is 0.938. The molecule has 0 saturated carbocycles. The predicted octanol–water partition coefficient (Wildman–Crippen LogP) is 0.509. The third kappa shape index (κ3) is 2.96. The second kappa shape index (κ2) is 5.73. The zero-order valence-corrected chi connectivity index (χ0v) is 11.2. The van der Waals surface area contributed by atoms with Crippen molar-refractivity contribution in [2.45, 2.75) is 12.8 Å². The number of likely N-dealkylation sites (N-methyl/N-ethyl adjacent to an activating group) is 1. The van der Waals surface area contributed by atoms with Crippen molar-refractivity contribution in [1.29, 1.82) is 0 Å². The van der Waals surface area contributed by atoms with Crippen LogP contribution in [0.1, 0.15) is 12.0 Å². The van der Waals surface area contributed by atoms with Crippen LogP contribution in [0.2, 0.25) is 0 Å². The standard InChI is InChI=1S/C14H16N2O4/c1-15-7-8-16(14(20)13(15)19)11-4-2-3-10(9-11)5-6-12(17)18/h2-4,9H,5-8H2,1H3,(H,17,18). The molecule has 0 unspecified atom stereocenters. The zero-order valence-electron chi connectivity index (χ0n) is 11.2. The number of amides is 2. The van der Waals surface area contributed by atoms with E-state index in [0.717, 1.165) is 5.56 Å². The number of nitrogens with zero attached hydrogens (tertiary/aromatic N) is 2. The van der Waals surface area contributed by atoms with Crippen molar-refractivity contribution >= 4 is 23.5 Å². The molecule has 6 nitrogen and oxygen atoms in total. The zero-order chi connectivity index (χ0) is 14.7. The maximum Gasteiger partial charge on any atom is 0.316 e. The Kier molecular flexibility index (Phi) is 4.02. The van der Waals surface area contributed by atoms with Gasteiger partial charge in [-0.25, -0.2) is 0 Å². The van der Waals surface area contributed by atoms with Crippen LogP contribution in [0.15, 0.2) is 24.3 Å². The highest BCUT2D eigenvalue weighted by Gasteiger charge is 2.31. The smallest absolute Gasteiger partial charge is 0.316 e. The number of aliphatic carboxylic acids is 1. The van der Waals surface area contributed by atoms with Gasteiger partial charge >= 0.3 is 17.8 Å². The number of carbonyl (C=O) groups is 3. The number of carboxylic acids is 1. The van der Waals surface area contributed by atoms with Gasteiger partial charge in [0.15, 0.2) is 0 Å². The molecule has 20 heavy (non-hydrogen) atoms. The number of piperazine rings is 1. The van der Waals surface area contributed by atoms with Gasteiger partial charge in [-0.2, -0.15) is 0 Å². The predicted molar refractivity (Wildman–Crippen MR) is 72.4 cm³/mol. The first-order chi connectivity index (χ1) is 9.49. The molecule has 0 radical (unpaired) electrons. The molecule has 2 rings (SSSR count). The average molecular weight is 276 g/mol. The minimum absolute atomic E-state index is 0.0407. The molecule has 106 valence electrons. The quantitative estimate of drug-likeness (QED) is 0.813. The molecule has 1 aromatic carbocycles. The van der Waals surface area contributed by atoms with Gasteiger partial charge in [0.1, 0.15) is 0 Å². The van der Waals surface area contributed by atoms with Crippen LogP contribution < -0.4 is 4.90 Å². The molecule has 1 aliphatic rings. The minimum Gasteiger partial charge on any atom is -0.481 e. The molecular formula is C14H16N2O4. The number of carboxylic acid groups (broad SMARTS) is 1. The number of carbonyl (C=O) groups excluding carboxylic acids is 2. The van der Waals surface area contributed by atoms with Crippen molar-refractivity contribution in [3.63, 3.8) is 0 Å². The van der Waals surface area contributed by atoms with Gasteiger partial charge in [-0.05, 0) is 24.1 Å². The number of aryl methyl sites for hydroxylation is 1. The van der Waals surface area contributed by atoms with Gasteiger partial charge in [0.25, 0.3) is 0 Å². The van der Waals surface area contributed by atoms with E-state index >= 15 is 0 Å². The summed E-state index contributed by atoms with van der Waals surface area (Å²) in [7, 11) is 1.60. The van der Waals surface area contributed by atoms with Crippen LogP contribution in [0, 0.1) is 0 Å². The van der Waals surface area contributed by atoms with Crippen LogP contribution in [0.5, 0.6) is 0 Å². The van der Waals surface area contributed by atoms with E-state index in [1.165, 1.54) is 9.80 Å². The molecule has 0 atom stereocenters. The van der Waals surface area contributed by atoms with E-state index < -0.39 is 17.8 Å². The monoisotopic (exact) mass is 276 g/mol. The van der Waals surface area contributed by atoms with Gasteiger partial charge in [0, 0.05) is 32.2 Å². The van der Waals surface area contributed by atoms with E-state index in [1.807, 2.05) is 6.07 Å². The third-order valence-electron chi connectivity index (χ3n) is 3.28. The summed E-state index contributed by atoms with van der Waals surface area (Å²) in [5.41, 5.74) is 1.48. The first-order valence-electron chi connectivity index (χ1n) is 6.36. The molecule has 0 spiro atoms. The summed E-state index contributed by atoms with van der Waals surface area (Å²) in [5, 5.41) is 8.68. The van der Waals surface area contributed by atoms with Crippen LogP contribution >= 0.6 is 0 Å². The SMILES string of the molecule is CN1CCN(c2cccc(CCC(=O)O)c2)C(=O)C1=O. The molecule has 1 aliphatic heterocycles. The lowest BCUT2D eigenvalue weighted by Crippen LogP contribution is -2.53. The summed E-state index contributed by atoms with van der Waals surface area (Å²) in [5.74, 6) is -1.93. The van der Waals surface area contributed by atoms with Crippen LogP contribution in [0.3, 0.4) is 0 Å². The lowest BCUT2D eigenvalue weighted by molar-refractivity contribution is -0.145. The Balaban J connectivity index is 2.16. The summed E-state index contributed by atoms with van der Waals surface area (Å²) in [6.07, 6.45) is 0.443. The van der Waals surface area contributed by atoms with Gasteiger partial charge in [-0.3, -0.25) is 14.4 Å². The molecule has 0 bridgehead atoms. The van der Waals surface area contributed by atoms with Gasteiger partial charge in [-0.15, -0.1) is 0 Å². The Morgan fingerprint density at radius 2 is 2.00 bits per heavy atom. The van der Waals surface area contributed by atoms with Crippen molar-refractivity contribution in [3.05, 3.63) is 29.8 Å². The lowest BCUT2D eigenvalue weighted by atomic mass is 10.1. The number of benzene rings is 1. The van der Waals surface area contributed by atoms with Crippen molar-refractivity contribution < 1.29 is 19.5 Å². The molecular weight excluding hydrogens is 260 g/mol. The van der Waals surface area contributed by atoms with E-state index in [0.29, 0.717) is 25.2 Å². The number of anilines is 1. The maximum absolute atomic E-state index is 12.0. The van der Waals surface area contributed by atoms with E-state index in [9.17, 15) is 14.4 Å². The van der Waals surface area contributed by atoms with Crippen molar-refractivity contribution in [2.75, 3.05) is 25.0 Å². The van der Waals surface area contributed by atoms with Crippen LogP contribution in [0.25, 0.3) is 0 Å². The largest absolute Gasteiger partial charge is 0.481 e. The fourth-order valence-corrected chi connectivity index (χ4v) is 2.11. The molecule has 1 aromatic rings. The Labute approximate surface area is 116 Å². The number of hydrogen-bond acceptors (Lipinski definition) is 3. The van der Waals surface area contributed by atoms with E-state index in [-0.39, 0.29) is 6.42 Å². The Bertz CT molecular complexity index is 556. The van der Waals surface area contributed by atoms with E-state index in [2.05, 4.69) is 0 Å². The average Bonchev–Trinajstić information content (AvgIpc) is 2.43. The van der Waals surface area contributed by atoms with Gasteiger partial charge in [-0.1, -0.05) is 12.1 Å². The second-order valence-electron chi connectivity index (χ2n) is 4.75. The van der Waals surface area contributed by atoms with Crippen molar-refractivity contribution in [1.82, 2.24) is 4.90 Å². The van der Waals surface area contributed by atoms with Crippen LogP contribution in [-0.4, -0.2) is 47.9 Å². The Hall–Kier alpha value is -2.37. The third-order valence-corrected chi connectivity index (χ3v) is 3.28. The fraction of sp³-hybridized carbons (Fsp3) is 0.357. The fourth-order valence-electron chi connectivity index (χ4n) is 2.11. The van der Waals surface area contributed by atoms with Gasteiger partial charge in [0.05, 0.1) is 0 Å². The number of rotatable bonds is 4. The highest BCUT2D eigenvalue weighted by Crippen LogP contribution is 2.19. The molecule has 1 fully saturated rings. The lowest BCUT2D eigenvalue weighted by Gasteiger charge is -2.31. The van der Waals surface area contributed by atoms with Gasteiger partial charge < -0.3 is 14.9 Å². The highest BCUT2D eigenvalue weighted by molar-refractivity contribution is 6.40. The molecule has 1 N–H and O–H groups in total. The number of hydrogen-bond donors (Lipinski definition) is 1. The van der Waals surface area contributed by atoms with Crippen molar-refractivity contribution in [3.8, 4) is 0 Å². The van der Waals surface area contributed by atoms with E-state index in [4.69, 9.17) is 5.11 Å². The molecule has 0 aromatic heterocycles. The van der Waals surface area contributed by atoms with Gasteiger partial charge in [0.2, 0.25) is 0 Å².